The standard InChI is InChI=1S/C24H26N4O6/c1-16-4-6-17(7-5-16)15-27-23(30)21(22(29)26-10-12-34-13-11-26)25-28(24(27)31)18-8-9-19(32-2)20(14-18)33-3/h4-9,14H,10-13,15H2,1-3H3. The van der Waals surface area contributed by atoms with Gasteiger partial charge in [-0.1, -0.05) is 29.8 Å². The van der Waals surface area contributed by atoms with Crippen molar-refractivity contribution in [3.05, 3.63) is 80.1 Å². The van der Waals surface area contributed by atoms with Gasteiger partial charge >= 0.3 is 5.69 Å². The van der Waals surface area contributed by atoms with Crippen molar-refractivity contribution in [2.75, 3.05) is 40.5 Å². The molecule has 1 saturated heterocycles. The fourth-order valence-electron chi connectivity index (χ4n) is 3.71. The summed E-state index contributed by atoms with van der Waals surface area (Å²) < 4.78 is 18.0. The van der Waals surface area contributed by atoms with Crippen molar-refractivity contribution in [1.82, 2.24) is 19.2 Å². The third-order valence-corrected chi connectivity index (χ3v) is 5.63. The van der Waals surface area contributed by atoms with Gasteiger partial charge in [0.1, 0.15) is 0 Å². The van der Waals surface area contributed by atoms with Gasteiger partial charge in [-0.2, -0.15) is 9.78 Å². The Morgan fingerprint density at radius 3 is 2.32 bits per heavy atom. The number of morpholine rings is 1. The maximum Gasteiger partial charge on any atom is 0.352 e. The number of ether oxygens (including phenoxy) is 3. The lowest BCUT2D eigenvalue weighted by molar-refractivity contribution is 0.0295. The molecule has 1 amide bonds. The van der Waals surface area contributed by atoms with Crippen LogP contribution in [0.1, 0.15) is 21.6 Å². The molecule has 0 N–H and O–H groups in total. The van der Waals surface area contributed by atoms with Crippen LogP contribution in [0.25, 0.3) is 5.69 Å². The lowest BCUT2D eigenvalue weighted by Gasteiger charge is -2.26. The smallest absolute Gasteiger partial charge is 0.352 e. The average molecular weight is 466 g/mol. The summed E-state index contributed by atoms with van der Waals surface area (Å²) in [4.78, 5) is 41.5. The average Bonchev–Trinajstić information content (AvgIpc) is 2.87. The van der Waals surface area contributed by atoms with Crippen LogP contribution in [-0.2, 0) is 11.3 Å². The topological polar surface area (TPSA) is 105 Å². The molecule has 0 saturated carbocycles. The predicted molar refractivity (Wildman–Crippen MR) is 124 cm³/mol. The largest absolute Gasteiger partial charge is 0.493 e. The molecule has 10 nitrogen and oxygen atoms in total. The summed E-state index contributed by atoms with van der Waals surface area (Å²) in [6.07, 6.45) is 0. The van der Waals surface area contributed by atoms with Crippen LogP contribution in [0.2, 0.25) is 0 Å². The normalized spacial score (nSPS) is 13.6. The summed E-state index contributed by atoms with van der Waals surface area (Å²) in [5.41, 5.74) is 0.395. The molecular weight excluding hydrogens is 440 g/mol. The number of aromatic nitrogens is 3. The van der Waals surface area contributed by atoms with E-state index in [9.17, 15) is 14.4 Å². The Balaban J connectivity index is 1.88. The monoisotopic (exact) mass is 466 g/mol. The van der Waals surface area contributed by atoms with Gasteiger partial charge in [0.05, 0.1) is 39.7 Å². The minimum absolute atomic E-state index is 0.00283. The molecule has 0 unspecified atom stereocenters. The third-order valence-electron chi connectivity index (χ3n) is 5.63. The number of nitrogens with zero attached hydrogens (tertiary/aromatic N) is 4. The number of benzene rings is 2. The highest BCUT2D eigenvalue weighted by atomic mass is 16.5. The van der Waals surface area contributed by atoms with Crippen LogP contribution >= 0.6 is 0 Å². The fraction of sp³-hybridized carbons (Fsp3) is 0.333. The van der Waals surface area contributed by atoms with E-state index >= 15 is 0 Å². The summed E-state index contributed by atoms with van der Waals surface area (Å²) in [5, 5.41) is 4.21. The van der Waals surface area contributed by atoms with E-state index in [2.05, 4.69) is 5.10 Å². The highest BCUT2D eigenvalue weighted by molar-refractivity contribution is 5.91. The van der Waals surface area contributed by atoms with E-state index in [4.69, 9.17) is 14.2 Å². The molecule has 1 fully saturated rings. The second kappa shape index (κ2) is 9.92. The number of rotatable bonds is 6. The van der Waals surface area contributed by atoms with E-state index in [1.165, 1.54) is 19.1 Å². The Kier molecular flexibility index (Phi) is 6.78. The highest BCUT2D eigenvalue weighted by Crippen LogP contribution is 2.28. The highest BCUT2D eigenvalue weighted by Gasteiger charge is 2.26. The van der Waals surface area contributed by atoms with Crippen molar-refractivity contribution < 1.29 is 19.0 Å². The van der Waals surface area contributed by atoms with Gasteiger partial charge in [-0.15, -0.1) is 0 Å². The van der Waals surface area contributed by atoms with Gasteiger partial charge in [-0.3, -0.25) is 14.2 Å². The van der Waals surface area contributed by atoms with Crippen molar-refractivity contribution in [1.29, 1.82) is 0 Å². The number of carbonyl (C=O) groups excluding carboxylic acids is 1. The Morgan fingerprint density at radius 1 is 1.00 bits per heavy atom. The number of amides is 1. The van der Waals surface area contributed by atoms with E-state index in [1.807, 2.05) is 31.2 Å². The zero-order chi connectivity index (χ0) is 24.2. The molecule has 0 aliphatic carbocycles. The first-order valence-corrected chi connectivity index (χ1v) is 10.8. The quantitative estimate of drug-likeness (QED) is 0.538. The maximum absolute atomic E-state index is 13.4. The molecule has 10 heteroatoms. The van der Waals surface area contributed by atoms with Crippen LogP contribution in [0.4, 0.5) is 0 Å². The van der Waals surface area contributed by atoms with E-state index in [1.54, 1.807) is 18.2 Å². The molecule has 2 heterocycles. The molecule has 1 aliphatic heterocycles. The Hall–Kier alpha value is -3.92. The zero-order valence-electron chi connectivity index (χ0n) is 19.3. The predicted octanol–water partition coefficient (Wildman–Crippen LogP) is 1.24. The molecule has 0 bridgehead atoms. The van der Waals surface area contributed by atoms with E-state index < -0.39 is 17.2 Å². The van der Waals surface area contributed by atoms with Crippen LogP contribution in [0.15, 0.2) is 52.1 Å². The summed E-state index contributed by atoms with van der Waals surface area (Å²) in [5.74, 6) is 0.308. The van der Waals surface area contributed by atoms with Gasteiger partial charge in [0.25, 0.3) is 11.5 Å². The number of hydrogen-bond donors (Lipinski definition) is 0. The molecule has 0 atom stereocenters. The van der Waals surface area contributed by atoms with Gasteiger partial charge in [0.15, 0.2) is 11.5 Å². The molecule has 3 aromatic rings. The van der Waals surface area contributed by atoms with E-state index in [0.717, 1.165) is 20.4 Å². The second-order valence-electron chi connectivity index (χ2n) is 7.86. The molecule has 0 radical (unpaired) electrons. The maximum atomic E-state index is 13.4. The van der Waals surface area contributed by atoms with Crippen molar-refractivity contribution in [2.24, 2.45) is 0 Å². The van der Waals surface area contributed by atoms with Crippen LogP contribution in [0, 0.1) is 6.92 Å². The molecule has 178 valence electrons. The van der Waals surface area contributed by atoms with Gasteiger partial charge in [0, 0.05) is 19.2 Å². The number of hydrogen-bond acceptors (Lipinski definition) is 7. The first-order chi connectivity index (χ1) is 16.4. The fourth-order valence-corrected chi connectivity index (χ4v) is 3.71. The van der Waals surface area contributed by atoms with Crippen LogP contribution in [-0.4, -0.2) is 65.7 Å². The molecule has 0 spiro atoms. The molecule has 34 heavy (non-hydrogen) atoms. The van der Waals surface area contributed by atoms with Crippen LogP contribution in [0.5, 0.6) is 11.5 Å². The first kappa shape index (κ1) is 23.2. The van der Waals surface area contributed by atoms with E-state index in [0.29, 0.717) is 43.5 Å². The Bertz CT molecular complexity index is 1310. The first-order valence-electron chi connectivity index (χ1n) is 10.8. The molecule has 2 aromatic carbocycles. The summed E-state index contributed by atoms with van der Waals surface area (Å²) in [6, 6.07) is 12.3. The Morgan fingerprint density at radius 2 is 1.68 bits per heavy atom. The molecule has 1 aromatic heterocycles. The van der Waals surface area contributed by atoms with Gasteiger partial charge < -0.3 is 19.1 Å². The SMILES string of the molecule is COc1ccc(-n2nc(C(=O)N3CCOCC3)c(=O)n(Cc3ccc(C)cc3)c2=O)cc1OC. The summed E-state index contributed by atoms with van der Waals surface area (Å²) in [7, 11) is 2.98. The van der Waals surface area contributed by atoms with Gasteiger partial charge in [0.2, 0.25) is 5.69 Å². The van der Waals surface area contributed by atoms with Crippen molar-refractivity contribution in [3.63, 3.8) is 0 Å². The van der Waals surface area contributed by atoms with Crippen LogP contribution in [0.3, 0.4) is 0 Å². The number of aryl methyl sites for hydroxylation is 1. The molecule has 4 rings (SSSR count). The summed E-state index contributed by atoms with van der Waals surface area (Å²) in [6.45, 7) is 3.38. The van der Waals surface area contributed by atoms with Gasteiger partial charge in [-0.05, 0) is 24.6 Å². The van der Waals surface area contributed by atoms with Crippen LogP contribution < -0.4 is 20.7 Å². The van der Waals surface area contributed by atoms with Crippen molar-refractivity contribution in [2.45, 2.75) is 13.5 Å². The zero-order valence-corrected chi connectivity index (χ0v) is 19.3. The molecule has 1 aliphatic rings. The lowest BCUT2D eigenvalue weighted by Crippen LogP contribution is -2.48. The Labute approximate surface area is 195 Å². The third kappa shape index (κ3) is 4.58. The summed E-state index contributed by atoms with van der Waals surface area (Å²) >= 11 is 0. The number of carbonyl (C=O) groups is 1. The lowest BCUT2D eigenvalue weighted by atomic mass is 10.1. The van der Waals surface area contributed by atoms with Crippen molar-refractivity contribution in [3.8, 4) is 17.2 Å². The minimum atomic E-state index is -0.737. The second-order valence-corrected chi connectivity index (χ2v) is 7.86. The number of methoxy groups -OCH3 is 2. The molecular formula is C24H26N4O6. The van der Waals surface area contributed by atoms with Crippen molar-refractivity contribution >= 4 is 5.91 Å². The van der Waals surface area contributed by atoms with Gasteiger partial charge in [-0.25, -0.2) is 4.79 Å². The van der Waals surface area contributed by atoms with E-state index in [-0.39, 0.29) is 12.2 Å². The minimum Gasteiger partial charge on any atom is -0.493 e.